The normalized spacial score (nSPS) is 32.2. The minimum absolute atomic E-state index is 0.128. The number of amides is 1. The Bertz CT molecular complexity index is 631. The van der Waals surface area contributed by atoms with E-state index in [0.29, 0.717) is 12.0 Å². The van der Waals surface area contributed by atoms with E-state index in [2.05, 4.69) is 69.8 Å². The number of benzene rings is 1. The fourth-order valence-corrected chi connectivity index (χ4v) is 5.31. The first-order chi connectivity index (χ1) is 11.6. The van der Waals surface area contributed by atoms with Crippen molar-refractivity contribution >= 4 is 21.8 Å². The molecule has 130 valence electrons. The molecular weight excluding hydrogens is 366 g/mol. The lowest BCUT2D eigenvalue weighted by Gasteiger charge is -2.33. The van der Waals surface area contributed by atoms with Crippen molar-refractivity contribution in [1.29, 1.82) is 0 Å². The van der Waals surface area contributed by atoms with Gasteiger partial charge in [0.25, 0.3) is 0 Å². The molecule has 1 amide bonds. The topological polar surface area (TPSA) is 44.4 Å². The summed E-state index contributed by atoms with van der Waals surface area (Å²) in [5.74, 6) is 0.720. The standard InChI is InChI=1S/C19H26BrN3O/c1-11(2)17-16(20)18(22-21-17)19(24)23(13-8-9-13)15-10-7-12-5-3-4-6-14(12)15/h3-6,11,13,15-18,21-22H,7-10H2,1-2H3. The fraction of sp³-hybridized carbons (Fsp3) is 0.632. The third kappa shape index (κ3) is 2.80. The molecule has 4 atom stereocenters. The number of halogens is 1. The second-order valence-corrected chi connectivity index (χ2v) is 8.77. The van der Waals surface area contributed by atoms with Crippen LogP contribution in [0.5, 0.6) is 0 Å². The number of hydrogen-bond acceptors (Lipinski definition) is 3. The Kier molecular flexibility index (Phi) is 4.43. The van der Waals surface area contributed by atoms with Crippen LogP contribution in [0.2, 0.25) is 0 Å². The van der Waals surface area contributed by atoms with Crippen molar-refractivity contribution in [2.24, 2.45) is 5.92 Å². The summed E-state index contributed by atoms with van der Waals surface area (Å²) in [6.07, 6.45) is 4.43. The second-order valence-electron chi connectivity index (χ2n) is 7.71. The Balaban J connectivity index is 1.58. The van der Waals surface area contributed by atoms with E-state index >= 15 is 0 Å². The Hall–Kier alpha value is -0.910. The molecule has 2 fully saturated rings. The summed E-state index contributed by atoms with van der Waals surface area (Å²) >= 11 is 3.78. The summed E-state index contributed by atoms with van der Waals surface area (Å²) in [4.78, 5) is 15.7. The van der Waals surface area contributed by atoms with Crippen molar-refractivity contribution in [3.63, 3.8) is 0 Å². The first kappa shape index (κ1) is 16.6. The van der Waals surface area contributed by atoms with Crippen molar-refractivity contribution in [3.8, 4) is 0 Å². The number of fused-ring (bicyclic) bond motifs is 1. The molecule has 2 aliphatic carbocycles. The molecule has 3 aliphatic rings. The number of hydrogen-bond donors (Lipinski definition) is 2. The van der Waals surface area contributed by atoms with Crippen molar-refractivity contribution in [2.45, 2.75) is 68.5 Å². The molecule has 0 bridgehead atoms. The van der Waals surface area contributed by atoms with Gasteiger partial charge < -0.3 is 4.90 Å². The van der Waals surface area contributed by atoms with Crippen molar-refractivity contribution in [1.82, 2.24) is 15.8 Å². The number of nitrogens with one attached hydrogen (secondary N) is 2. The maximum Gasteiger partial charge on any atom is 0.243 e. The molecule has 24 heavy (non-hydrogen) atoms. The van der Waals surface area contributed by atoms with Gasteiger partial charge >= 0.3 is 0 Å². The lowest BCUT2D eigenvalue weighted by molar-refractivity contribution is -0.136. The third-order valence-corrected chi connectivity index (χ3v) is 6.78. The monoisotopic (exact) mass is 391 g/mol. The average Bonchev–Trinajstić information content (AvgIpc) is 3.18. The number of nitrogens with zero attached hydrogens (tertiary/aromatic N) is 1. The van der Waals surface area contributed by atoms with Gasteiger partial charge in [-0.3, -0.25) is 10.2 Å². The maximum atomic E-state index is 13.4. The smallest absolute Gasteiger partial charge is 0.243 e. The fourth-order valence-electron chi connectivity index (χ4n) is 4.21. The molecule has 2 N–H and O–H groups in total. The second kappa shape index (κ2) is 6.43. The van der Waals surface area contributed by atoms with Crippen molar-refractivity contribution < 1.29 is 4.79 Å². The van der Waals surface area contributed by atoms with Gasteiger partial charge in [0.1, 0.15) is 6.04 Å². The van der Waals surface area contributed by atoms with Crippen LogP contribution in [0.15, 0.2) is 24.3 Å². The first-order valence-electron chi connectivity index (χ1n) is 9.13. The van der Waals surface area contributed by atoms with Crippen LogP contribution in [-0.4, -0.2) is 33.8 Å². The van der Waals surface area contributed by atoms with E-state index in [1.54, 1.807) is 0 Å². The molecule has 0 spiro atoms. The molecule has 0 radical (unpaired) electrons. The molecule has 1 aromatic carbocycles. The molecule has 1 saturated heterocycles. The van der Waals surface area contributed by atoms with Gasteiger partial charge in [0.05, 0.1) is 10.9 Å². The number of carbonyl (C=O) groups is 1. The van der Waals surface area contributed by atoms with Gasteiger partial charge in [-0.25, -0.2) is 5.43 Å². The molecule has 0 aromatic heterocycles. The Labute approximate surface area is 152 Å². The Morgan fingerprint density at radius 3 is 2.62 bits per heavy atom. The summed E-state index contributed by atoms with van der Waals surface area (Å²) in [5, 5.41) is 0. The third-order valence-electron chi connectivity index (χ3n) is 5.68. The van der Waals surface area contributed by atoms with Crippen LogP contribution in [-0.2, 0) is 11.2 Å². The van der Waals surface area contributed by atoms with Crippen LogP contribution >= 0.6 is 15.9 Å². The lowest BCUT2D eigenvalue weighted by atomic mass is 9.98. The summed E-state index contributed by atoms with van der Waals surface area (Å²) in [5.41, 5.74) is 9.34. The molecule has 4 rings (SSSR count). The number of hydrazine groups is 1. The molecule has 4 unspecified atom stereocenters. The van der Waals surface area contributed by atoms with Gasteiger partial charge in [-0.2, -0.15) is 0 Å². The minimum atomic E-state index is -0.189. The van der Waals surface area contributed by atoms with Crippen LogP contribution in [0.25, 0.3) is 0 Å². The largest absolute Gasteiger partial charge is 0.331 e. The van der Waals surface area contributed by atoms with Crippen LogP contribution in [0, 0.1) is 5.92 Å². The van der Waals surface area contributed by atoms with E-state index in [4.69, 9.17) is 0 Å². The van der Waals surface area contributed by atoms with E-state index in [9.17, 15) is 4.79 Å². The highest BCUT2D eigenvalue weighted by molar-refractivity contribution is 9.09. The quantitative estimate of drug-likeness (QED) is 0.775. The molecule has 5 heteroatoms. The lowest BCUT2D eigenvalue weighted by Crippen LogP contribution is -2.50. The van der Waals surface area contributed by atoms with Gasteiger partial charge in [0, 0.05) is 12.1 Å². The van der Waals surface area contributed by atoms with Crippen LogP contribution < -0.4 is 10.9 Å². The van der Waals surface area contributed by atoms with Gasteiger partial charge in [0.2, 0.25) is 5.91 Å². The van der Waals surface area contributed by atoms with Crippen molar-refractivity contribution in [3.05, 3.63) is 35.4 Å². The van der Waals surface area contributed by atoms with Gasteiger partial charge in [-0.15, -0.1) is 0 Å². The van der Waals surface area contributed by atoms with Gasteiger partial charge in [-0.05, 0) is 42.7 Å². The number of alkyl halides is 1. The zero-order valence-electron chi connectivity index (χ0n) is 14.3. The highest BCUT2D eigenvalue weighted by Crippen LogP contribution is 2.42. The molecule has 1 saturated carbocycles. The zero-order valence-corrected chi connectivity index (χ0v) is 15.9. The minimum Gasteiger partial charge on any atom is -0.331 e. The summed E-state index contributed by atoms with van der Waals surface area (Å²) < 4.78 is 0. The molecule has 4 nitrogen and oxygen atoms in total. The average molecular weight is 392 g/mol. The summed E-state index contributed by atoms with van der Waals surface area (Å²) in [7, 11) is 0. The Morgan fingerprint density at radius 2 is 1.96 bits per heavy atom. The molecular formula is C19H26BrN3O. The predicted octanol–water partition coefficient (Wildman–Crippen LogP) is 2.93. The first-order valence-corrected chi connectivity index (χ1v) is 10.0. The molecule has 1 aromatic rings. The van der Waals surface area contributed by atoms with E-state index in [0.717, 1.165) is 25.7 Å². The van der Waals surface area contributed by atoms with Crippen LogP contribution in [0.4, 0.5) is 0 Å². The summed E-state index contributed by atoms with van der Waals surface area (Å²) in [6, 6.07) is 9.38. The predicted molar refractivity (Wildman–Crippen MR) is 98.8 cm³/mol. The number of rotatable bonds is 4. The number of aryl methyl sites for hydroxylation is 1. The van der Waals surface area contributed by atoms with E-state index in [-0.39, 0.29) is 28.9 Å². The van der Waals surface area contributed by atoms with Gasteiger partial charge in [0.15, 0.2) is 0 Å². The molecule has 1 heterocycles. The molecule has 1 aliphatic heterocycles. The number of carbonyl (C=O) groups excluding carboxylic acids is 1. The van der Waals surface area contributed by atoms with Crippen LogP contribution in [0.3, 0.4) is 0 Å². The van der Waals surface area contributed by atoms with E-state index in [1.165, 1.54) is 11.1 Å². The summed E-state index contributed by atoms with van der Waals surface area (Å²) in [6.45, 7) is 4.37. The SMILES string of the molecule is CC(C)C1NNC(C(=O)N(C2CC2)C2CCc3ccccc32)C1Br. The van der Waals surface area contributed by atoms with Crippen molar-refractivity contribution in [2.75, 3.05) is 0 Å². The Morgan fingerprint density at radius 1 is 1.21 bits per heavy atom. The van der Waals surface area contributed by atoms with E-state index in [1.807, 2.05) is 0 Å². The highest BCUT2D eigenvalue weighted by Gasteiger charge is 2.47. The van der Waals surface area contributed by atoms with Gasteiger partial charge in [-0.1, -0.05) is 54.0 Å². The highest BCUT2D eigenvalue weighted by atomic mass is 79.9. The van der Waals surface area contributed by atoms with Crippen LogP contribution in [0.1, 0.15) is 50.3 Å². The zero-order chi connectivity index (χ0) is 16.8. The maximum absolute atomic E-state index is 13.4. The van der Waals surface area contributed by atoms with E-state index < -0.39 is 0 Å².